The number of carbonyl (C=O) groups excluding carboxylic acids is 2. The van der Waals surface area contributed by atoms with Gasteiger partial charge in [0.25, 0.3) is 0 Å². The van der Waals surface area contributed by atoms with E-state index in [2.05, 4.69) is 0 Å². The van der Waals surface area contributed by atoms with Crippen LogP contribution in [0.2, 0.25) is 0 Å². The second-order valence-corrected chi connectivity index (χ2v) is 5.36. The standard InChI is InChI=1S/C17H24O4/c1-12(2)21-17(19)15(13(3)18)10-11-16(20-4)14-8-6-5-7-9-14/h5-9,12,15-16H,10-11H2,1-4H3. The van der Waals surface area contributed by atoms with Gasteiger partial charge in [-0.2, -0.15) is 0 Å². The van der Waals surface area contributed by atoms with Gasteiger partial charge < -0.3 is 9.47 Å². The Morgan fingerprint density at radius 3 is 2.19 bits per heavy atom. The number of rotatable bonds is 8. The zero-order valence-electron chi connectivity index (χ0n) is 13.2. The Labute approximate surface area is 126 Å². The molecule has 0 aromatic heterocycles. The van der Waals surface area contributed by atoms with Gasteiger partial charge in [-0.1, -0.05) is 30.3 Å². The summed E-state index contributed by atoms with van der Waals surface area (Å²) in [6.07, 6.45) is 0.679. The minimum Gasteiger partial charge on any atom is -0.462 e. The molecule has 1 aromatic rings. The molecule has 1 rings (SSSR count). The Kier molecular flexibility index (Phi) is 7.09. The Bertz CT molecular complexity index is 453. The molecule has 2 atom stereocenters. The maximum Gasteiger partial charge on any atom is 0.316 e. The first kappa shape index (κ1) is 17.4. The van der Waals surface area contributed by atoms with Gasteiger partial charge in [0.2, 0.25) is 0 Å². The summed E-state index contributed by atoms with van der Waals surface area (Å²) in [6, 6.07) is 9.77. The van der Waals surface area contributed by atoms with Crippen LogP contribution in [0.4, 0.5) is 0 Å². The van der Waals surface area contributed by atoms with E-state index in [1.807, 2.05) is 30.3 Å². The van der Waals surface area contributed by atoms with Gasteiger partial charge in [0.15, 0.2) is 0 Å². The molecule has 0 aliphatic rings. The van der Waals surface area contributed by atoms with E-state index in [9.17, 15) is 9.59 Å². The smallest absolute Gasteiger partial charge is 0.316 e. The first-order valence-electron chi connectivity index (χ1n) is 7.24. The summed E-state index contributed by atoms with van der Waals surface area (Å²) in [5.41, 5.74) is 1.04. The van der Waals surface area contributed by atoms with Crippen LogP contribution in [-0.4, -0.2) is 25.0 Å². The molecule has 1 aromatic carbocycles. The van der Waals surface area contributed by atoms with Gasteiger partial charge in [0.05, 0.1) is 12.2 Å². The third-order valence-electron chi connectivity index (χ3n) is 3.30. The highest BCUT2D eigenvalue weighted by molar-refractivity contribution is 5.97. The lowest BCUT2D eigenvalue weighted by atomic mass is 9.95. The third kappa shape index (κ3) is 5.68. The summed E-state index contributed by atoms with van der Waals surface area (Å²) in [7, 11) is 1.63. The number of hydrogen-bond donors (Lipinski definition) is 0. The van der Waals surface area contributed by atoms with E-state index in [1.165, 1.54) is 6.92 Å². The molecule has 2 unspecified atom stereocenters. The molecule has 0 fully saturated rings. The van der Waals surface area contributed by atoms with Crippen LogP contribution in [0.15, 0.2) is 30.3 Å². The lowest BCUT2D eigenvalue weighted by molar-refractivity contribution is -0.155. The molecule has 4 heteroatoms. The number of ether oxygens (including phenoxy) is 2. The maximum absolute atomic E-state index is 11.9. The zero-order chi connectivity index (χ0) is 15.8. The number of benzene rings is 1. The van der Waals surface area contributed by atoms with Crippen LogP contribution < -0.4 is 0 Å². The Hall–Kier alpha value is -1.68. The van der Waals surface area contributed by atoms with Crippen LogP contribution in [0.25, 0.3) is 0 Å². The first-order chi connectivity index (χ1) is 9.95. The maximum atomic E-state index is 11.9. The van der Waals surface area contributed by atoms with Crippen LogP contribution in [0.1, 0.15) is 45.3 Å². The van der Waals surface area contributed by atoms with Crippen molar-refractivity contribution in [3.63, 3.8) is 0 Å². The van der Waals surface area contributed by atoms with E-state index in [0.29, 0.717) is 12.8 Å². The summed E-state index contributed by atoms with van der Waals surface area (Å²) in [4.78, 5) is 23.6. The normalized spacial score (nSPS) is 13.8. The molecule has 0 saturated carbocycles. The van der Waals surface area contributed by atoms with E-state index in [-0.39, 0.29) is 18.0 Å². The van der Waals surface area contributed by atoms with Crippen molar-refractivity contribution in [2.24, 2.45) is 5.92 Å². The summed E-state index contributed by atoms with van der Waals surface area (Å²) < 4.78 is 10.6. The summed E-state index contributed by atoms with van der Waals surface area (Å²) in [5, 5.41) is 0. The average molecular weight is 292 g/mol. The van der Waals surface area contributed by atoms with Crippen molar-refractivity contribution in [2.45, 2.75) is 45.8 Å². The fourth-order valence-corrected chi connectivity index (χ4v) is 2.21. The fraction of sp³-hybridized carbons (Fsp3) is 0.529. The third-order valence-corrected chi connectivity index (χ3v) is 3.30. The molecule has 116 valence electrons. The molecule has 0 bridgehead atoms. The average Bonchev–Trinajstić information content (AvgIpc) is 2.43. The first-order valence-corrected chi connectivity index (χ1v) is 7.24. The molecule has 0 aliphatic carbocycles. The number of esters is 1. The summed E-state index contributed by atoms with van der Waals surface area (Å²) >= 11 is 0. The second kappa shape index (κ2) is 8.57. The summed E-state index contributed by atoms with van der Waals surface area (Å²) in [5.74, 6) is -1.32. The van der Waals surface area contributed by atoms with Gasteiger partial charge in [-0.05, 0) is 39.2 Å². The summed E-state index contributed by atoms with van der Waals surface area (Å²) in [6.45, 7) is 4.98. The van der Waals surface area contributed by atoms with E-state index in [1.54, 1.807) is 21.0 Å². The minimum absolute atomic E-state index is 0.125. The quantitative estimate of drug-likeness (QED) is 0.545. The molecule has 0 radical (unpaired) electrons. The van der Waals surface area contributed by atoms with Crippen LogP contribution in [-0.2, 0) is 19.1 Å². The highest BCUT2D eigenvalue weighted by Gasteiger charge is 2.27. The number of methoxy groups -OCH3 is 1. The molecule has 0 saturated heterocycles. The molecule has 0 N–H and O–H groups in total. The fourth-order valence-electron chi connectivity index (χ4n) is 2.21. The van der Waals surface area contributed by atoms with Gasteiger partial charge in [0, 0.05) is 7.11 Å². The number of ketones is 1. The van der Waals surface area contributed by atoms with Crippen LogP contribution >= 0.6 is 0 Å². The van der Waals surface area contributed by atoms with Gasteiger partial charge >= 0.3 is 5.97 Å². The van der Waals surface area contributed by atoms with Crippen molar-refractivity contribution in [3.05, 3.63) is 35.9 Å². The van der Waals surface area contributed by atoms with Crippen molar-refractivity contribution in [1.82, 2.24) is 0 Å². The van der Waals surface area contributed by atoms with Crippen molar-refractivity contribution >= 4 is 11.8 Å². The lowest BCUT2D eigenvalue weighted by Crippen LogP contribution is -2.27. The molecule has 0 amide bonds. The SMILES string of the molecule is COC(CCC(C(C)=O)C(=O)OC(C)C)c1ccccc1. The van der Waals surface area contributed by atoms with Crippen LogP contribution in [0.5, 0.6) is 0 Å². The molecule has 0 aliphatic heterocycles. The largest absolute Gasteiger partial charge is 0.462 e. The van der Waals surface area contributed by atoms with Crippen molar-refractivity contribution in [2.75, 3.05) is 7.11 Å². The van der Waals surface area contributed by atoms with Crippen molar-refractivity contribution in [1.29, 1.82) is 0 Å². The Balaban J connectivity index is 2.67. The molecule has 4 nitrogen and oxygen atoms in total. The molecule has 0 heterocycles. The minimum atomic E-state index is -0.714. The van der Waals surface area contributed by atoms with E-state index in [4.69, 9.17) is 9.47 Å². The molecular formula is C17H24O4. The predicted octanol–water partition coefficient (Wildman–Crippen LogP) is 3.31. The van der Waals surface area contributed by atoms with Gasteiger partial charge in [-0.3, -0.25) is 9.59 Å². The second-order valence-electron chi connectivity index (χ2n) is 5.36. The van der Waals surface area contributed by atoms with Gasteiger partial charge in [-0.15, -0.1) is 0 Å². The number of Topliss-reactive ketones (excluding diaryl/α,β-unsaturated/α-hetero) is 1. The van der Waals surface area contributed by atoms with Crippen LogP contribution in [0.3, 0.4) is 0 Å². The molecule has 0 spiro atoms. The highest BCUT2D eigenvalue weighted by Crippen LogP contribution is 2.25. The van der Waals surface area contributed by atoms with Crippen molar-refractivity contribution in [3.8, 4) is 0 Å². The van der Waals surface area contributed by atoms with E-state index >= 15 is 0 Å². The number of hydrogen-bond acceptors (Lipinski definition) is 4. The molecule has 21 heavy (non-hydrogen) atoms. The van der Waals surface area contributed by atoms with E-state index in [0.717, 1.165) is 5.56 Å². The Morgan fingerprint density at radius 1 is 1.10 bits per heavy atom. The van der Waals surface area contributed by atoms with Crippen LogP contribution in [0, 0.1) is 5.92 Å². The zero-order valence-corrected chi connectivity index (χ0v) is 13.2. The Morgan fingerprint density at radius 2 is 1.71 bits per heavy atom. The van der Waals surface area contributed by atoms with E-state index < -0.39 is 11.9 Å². The monoisotopic (exact) mass is 292 g/mol. The highest BCUT2D eigenvalue weighted by atomic mass is 16.5. The van der Waals surface area contributed by atoms with Crippen molar-refractivity contribution < 1.29 is 19.1 Å². The molecular weight excluding hydrogens is 268 g/mol. The lowest BCUT2D eigenvalue weighted by Gasteiger charge is -2.19. The topological polar surface area (TPSA) is 52.6 Å². The van der Waals surface area contributed by atoms with Gasteiger partial charge in [0.1, 0.15) is 11.7 Å². The predicted molar refractivity (Wildman–Crippen MR) is 80.8 cm³/mol. The number of carbonyl (C=O) groups is 2. The van der Waals surface area contributed by atoms with Gasteiger partial charge in [-0.25, -0.2) is 0 Å².